The van der Waals surface area contributed by atoms with Crippen LogP contribution >= 0.6 is 0 Å². The molecule has 1 atom stereocenters. The maximum absolute atomic E-state index is 13.8. The lowest BCUT2D eigenvalue weighted by Crippen LogP contribution is -2.54. The average Bonchev–Trinajstić information content (AvgIpc) is 3.06. The van der Waals surface area contributed by atoms with Crippen molar-refractivity contribution in [1.29, 1.82) is 0 Å². The van der Waals surface area contributed by atoms with Crippen molar-refractivity contribution in [1.82, 2.24) is 24.5 Å². The summed E-state index contributed by atoms with van der Waals surface area (Å²) in [7, 11) is 2.15. The number of likely N-dealkylation sites (N-methyl/N-ethyl adjacent to an activating group) is 1. The fourth-order valence-corrected chi connectivity index (χ4v) is 6.71. The number of phenols is 1. The Balaban J connectivity index is 1.17. The topological polar surface area (TPSA) is 109 Å². The van der Waals surface area contributed by atoms with Crippen molar-refractivity contribution in [2.24, 2.45) is 0 Å². The number of nitrogens with one attached hydrogen (secondary N) is 1. The Morgan fingerprint density at radius 3 is 2.11 bits per heavy atom. The molecular formula is C34H48N6O5. The summed E-state index contributed by atoms with van der Waals surface area (Å²) in [6.07, 6.45) is 1.85. The Kier molecular flexibility index (Phi) is 11.2. The predicted molar refractivity (Wildman–Crippen MR) is 173 cm³/mol. The van der Waals surface area contributed by atoms with Crippen LogP contribution in [0.4, 0.5) is 15.3 Å². The molecule has 244 valence electrons. The number of anilines is 1. The number of hydrogen-bond donors (Lipinski definition) is 2. The predicted octanol–water partition coefficient (Wildman–Crippen LogP) is 3.70. The molecule has 2 N–H and O–H groups in total. The highest BCUT2D eigenvalue weighted by Gasteiger charge is 2.35. The van der Waals surface area contributed by atoms with Crippen LogP contribution in [0.5, 0.6) is 5.75 Å². The van der Waals surface area contributed by atoms with Gasteiger partial charge in [0.25, 0.3) is 5.91 Å². The molecule has 3 fully saturated rings. The lowest BCUT2D eigenvalue weighted by Gasteiger charge is -2.42. The van der Waals surface area contributed by atoms with Gasteiger partial charge in [-0.2, -0.15) is 0 Å². The van der Waals surface area contributed by atoms with Gasteiger partial charge in [0.1, 0.15) is 5.75 Å². The molecule has 45 heavy (non-hydrogen) atoms. The van der Waals surface area contributed by atoms with Gasteiger partial charge in [0.05, 0.1) is 0 Å². The van der Waals surface area contributed by atoms with E-state index >= 15 is 0 Å². The summed E-state index contributed by atoms with van der Waals surface area (Å²) in [4.78, 5) is 50.5. The van der Waals surface area contributed by atoms with Crippen molar-refractivity contribution < 1.29 is 24.2 Å². The number of ether oxygens (including phenoxy) is 1. The van der Waals surface area contributed by atoms with Crippen LogP contribution in [0.25, 0.3) is 0 Å². The van der Waals surface area contributed by atoms with Gasteiger partial charge in [0, 0.05) is 83.1 Å². The van der Waals surface area contributed by atoms with E-state index in [1.165, 1.54) is 0 Å². The van der Waals surface area contributed by atoms with Crippen LogP contribution in [0.15, 0.2) is 54.6 Å². The van der Waals surface area contributed by atoms with Crippen LogP contribution in [0.1, 0.15) is 38.2 Å². The minimum absolute atomic E-state index is 0.00112. The number of aromatic hydroxyl groups is 1. The second-order valence-corrected chi connectivity index (χ2v) is 12.4. The number of carbonyl (C=O) groups excluding carboxylic acids is 3. The molecule has 4 amide bonds. The van der Waals surface area contributed by atoms with E-state index in [2.05, 4.69) is 22.2 Å². The molecule has 5 rings (SSSR count). The van der Waals surface area contributed by atoms with Crippen molar-refractivity contribution in [2.75, 3.05) is 71.3 Å². The third-order valence-electron chi connectivity index (χ3n) is 9.50. The molecule has 0 bridgehead atoms. The molecule has 0 aliphatic carbocycles. The highest BCUT2D eigenvalue weighted by atomic mass is 16.6. The van der Waals surface area contributed by atoms with E-state index in [1.807, 2.05) is 47.1 Å². The molecule has 3 aliphatic heterocycles. The SMILES string of the molecule is CCN(C(=O)Nc1ccccc1)C1CCN(C(=O)O[C@H](Cc2ccc(O)cc2)C(=O)N2CCC(N3CCN(C)CC3)CC2)CC1. The van der Waals surface area contributed by atoms with Crippen molar-refractivity contribution in [3.63, 3.8) is 0 Å². The second kappa shape index (κ2) is 15.4. The maximum Gasteiger partial charge on any atom is 0.410 e. The Morgan fingerprint density at radius 2 is 1.49 bits per heavy atom. The Bertz CT molecular complexity index is 1250. The maximum atomic E-state index is 13.8. The number of likely N-dealkylation sites (tertiary alicyclic amines) is 2. The molecule has 0 spiro atoms. The number of urea groups is 1. The summed E-state index contributed by atoms with van der Waals surface area (Å²) < 4.78 is 5.97. The van der Waals surface area contributed by atoms with Crippen LogP contribution in [0.2, 0.25) is 0 Å². The van der Waals surface area contributed by atoms with Gasteiger partial charge >= 0.3 is 12.1 Å². The van der Waals surface area contributed by atoms with E-state index in [0.717, 1.165) is 50.3 Å². The fourth-order valence-electron chi connectivity index (χ4n) is 6.71. The van der Waals surface area contributed by atoms with E-state index < -0.39 is 12.2 Å². The molecule has 2 aromatic carbocycles. The fraction of sp³-hybridized carbons (Fsp3) is 0.559. The standard InChI is InChI=1S/C34H48N6O5/c1-3-40(33(43)35-27-7-5-4-6-8-27)29-15-19-39(20-16-29)34(44)45-31(25-26-9-11-30(41)12-10-26)32(42)38-17-13-28(14-18-38)37-23-21-36(2)22-24-37/h4-12,28-29,31,41H,3,13-25H2,1-2H3,(H,35,43)/t31-/m1/s1. The summed E-state index contributed by atoms with van der Waals surface area (Å²) in [6.45, 7) is 8.93. The number of benzene rings is 2. The quantitative estimate of drug-likeness (QED) is 0.464. The summed E-state index contributed by atoms with van der Waals surface area (Å²) in [6, 6.07) is 16.4. The molecule has 0 unspecified atom stereocenters. The normalized spacial score (nSPS) is 19.6. The van der Waals surface area contributed by atoms with Gasteiger partial charge < -0.3 is 34.8 Å². The van der Waals surface area contributed by atoms with Gasteiger partial charge in [-0.05, 0) is 69.5 Å². The Hall–Kier alpha value is -3.83. The van der Waals surface area contributed by atoms with Crippen LogP contribution in [0, 0.1) is 0 Å². The smallest absolute Gasteiger partial charge is 0.410 e. The summed E-state index contributed by atoms with van der Waals surface area (Å²) in [5.41, 5.74) is 1.56. The van der Waals surface area contributed by atoms with Crippen molar-refractivity contribution in [3.05, 3.63) is 60.2 Å². The minimum Gasteiger partial charge on any atom is -0.508 e. The molecule has 0 radical (unpaired) electrons. The molecule has 0 saturated carbocycles. The number of amides is 4. The first kappa shape index (κ1) is 32.6. The molecule has 3 heterocycles. The Labute approximate surface area is 266 Å². The lowest BCUT2D eigenvalue weighted by molar-refractivity contribution is -0.142. The van der Waals surface area contributed by atoms with Gasteiger partial charge in [-0.1, -0.05) is 30.3 Å². The zero-order valence-corrected chi connectivity index (χ0v) is 26.6. The Morgan fingerprint density at radius 1 is 0.867 bits per heavy atom. The molecule has 3 aliphatic rings. The van der Waals surface area contributed by atoms with Crippen molar-refractivity contribution >= 4 is 23.7 Å². The molecule has 11 heteroatoms. The van der Waals surface area contributed by atoms with Crippen LogP contribution in [0.3, 0.4) is 0 Å². The summed E-state index contributed by atoms with van der Waals surface area (Å²) >= 11 is 0. The number of hydrogen-bond acceptors (Lipinski definition) is 7. The number of para-hydroxylation sites is 1. The van der Waals surface area contributed by atoms with Gasteiger partial charge in [0.2, 0.25) is 0 Å². The molecule has 3 saturated heterocycles. The van der Waals surface area contributed by atoms with Crippen molar-refractivity contribution in [3.8, 4) is 5.75 Å². The summed E-state index contributed by atoms with van der Waals surface area (Å²) in [5, 5.41) is 12.7. The van der Waals surface area contributed by atoms with E-state index in [0.29, 0.717) is 51.6 Å². The number of rotatable bonds is 8. The third kappa shape index (κ3) is 8.67. The number of piperazine rings is 1. The van der Waals surface area contributed by atoms with E-state index in [9.17, 15) is 19.5 Å². The van der Waals surface area contributed by atoms with Crippen LogP contribution in [-0.2, 0) is 16.0 Å². The van der Waals surface area contributed by atoms with Gasteiger partial charge in [-0.15, -0.1) is 0 Å². The first-order chi connectivity index (χ1) is 21.8. The highest BCUT2D eigenvalue weighted by molar-refractivity contribution is 5.89. The molecule has 11 nitrogen and oxygen atoms in total. The number of phenolic OH excluding ortho intramolecular Hbond substituents is 1. The third-order valence-corrected chi connectivity index (χ3v) is 9.50. The second-order valence-electron chi connectivity index (χ2n) is 12.4. The monoisotopic (exact) mass is 620 g/mol. The van der Waals surface area contributed by atoms with E-state index in [4.69, 9.17) is 4.74 Å². The zero-order valence-electron chi connectivity index (χ0n) is 26.6. The van der Waals surface area contributed by atoms with Crippen LogP contribution in [-0.4, -0.2) is 132 Å². The van der Waals surface area contributed by atoms with Crippen LogP contribution < -0.4 is 5.32 Å². The minimum atomic E-state index is -0.955. The summed E-state index contributed by atoms with van der Waals surface area (Å²) in [5.74, 6) is -0.0241. The first-order valence-corrected chi connectivity index (χ1v) is 16.4. The van der Waals surface area contributed by atoms with E-state index in [1.54, 1.807) is 29.2 Å². The lowest BCUT2D eigenvalue weighted by atomic mass is 10.0. The largest absolute Gasteiger partial charge is 0.508 e. The number of carbonyl (C=O) groups is 3. The number of nitrogens with zero attached hydrogens (tertiary/aromatic N) is 5. The van der Waals surface area contributed by atoms with Gasteiger partial charge in [0.15, 0.2) is 6.10 Å². The highest BCUT2D eigenvalue weighted by Crippen LogP contribution is 2.23. The van der Waals surface area contributed by atoms with Crippen molar-refractivity contribution in [2.45, 2.75) is 57.2 Å². The van der Waals surface area contributed by atoms with Gasteiger partial charge in [-0.25, -0.2) is 9.59 Å². The molecular weight excluding hydrogens is 572 g/mol. The number of piperidine rings is 2. The zero-order chi connectivity index (χ0) is 31.8. The van der Waals surface area contributed by atoms with E-state index in [-0.39, 0.29) is 30.2 Å². The first-order valence-electron chi connectivity index (χ1n) is 16.4. The van der Waals surface area contributed by atoms with Gasteiger partial charge in [-0.3, -0.25) is 9.69 Å². The molecule has 2 aromatic rings. The molecule has 0 aromatic heterocycles. The average molecular weight is 621 g/mol.